The topological polar surface area (TPSA) is 77.6 Å². The molecule has 5 nitrogen and oxygen atoms in total. The summed E-state index contributed by atoms with van der Waals surface area (Å²) in [6.07, 6.45) is -4.12. The predicted octanol–water partition coefficient (Wildman–Crippen LogP) is 1.15. The molecule has 8 heteroatoms. The Balaban J connectivity index is 3.23. The summed E-state index contributed by atoms with van der Waals surface area (Å²) in [4.78, 5) is 3.61. The number of nitrogens with zero attached hydrogens (tertiary/aromatic N) is 1. The van der Waals surface area contributed by atoms with Crippen LogP contribution in [0.4, 0.5) is 13.2 Å². The first-order valence-electron chi connectivity index (χ1n) is 4.09. The van der Waals surface area contributed by atoms with Gasteiger partial charge in [-0.3, -0.25) is 4.98 Å². The Labute approximate surface area is 88.6 Å². The average Bonchev–Trinajstić information content (AvgIpc) is 2.19. The molecular formula is C8H9F3N2O3. The van der Waals surface area contributed by atoms with Gasteiger partial charge in [-0.15, -0.1) is 13.2 Å². The molecule has 0 saturated carbocycles. The molecule has 0 aliphatic rings. The third-order valence-electron chi connectivity index (χ3n) is 1.66. The van der Waals surface area contributed by atoms with E-state index >= 15 is 0 Å². The van der Waals surface area contributed by atoms with Crippen molar-refractivity contribution in [1.29, 1.82) is 0 Å². The minimum absolute atomic E-state index is 0.0551. The molecule has 1 aromatic heterocycles. The van der Waals surface area contributed by atoms with Crippen molar-refractivity contribution in [3.05, 3.63) is 11.9 Å². The number of aromatic nitrogens is 1. The van der Waals surface area contributed by atoms with E-state index in [1.54, 1.807) is 0 Å². The van der Waals surface area contributed by atoms with Crippen molar-refractivity contribution < 1.29 is 27.8 Å². The highest BCUT2D eigenvalue weighted by atomic mass is 19.4. The van der Waals surface area contributed by atoms with Gasteiger partial charge in [0.25, 0.3) is 0 Å². The van der Waals surface area contributed by atoms with Gasteiger partial charge in [-0.05, 0) is 0 Å². The number of alkyl halides is 3. The molecule has 0 amide bonds. The van der Waals surface area contributed by atoms with Gasteiger partial charge in [0.05, 0.1) is 19.0 Å². The summed E-state index contributed by atoms with van der Waals surface area (Å²) in [7, 11) is 1.12. The number of halogens is 3. The Kier molecular flexibility index (Phi) is 3.43. The van der Waals surface area contributed by atoms with E-state index < -0.39 is 17.9 Å². The Morgan fingerprint density at radius 1 is 1.44 bits per heavy atom. The molecule has 0 fully saturated rings. The van der Waals surface area contributed by atoms with Crippen LogP contribution in [0.25, 0.3) is 0 Å². The normalized spacial score (nSPS) is 11.3. The zero-order chi connectivity index (χ0) is 12.3. The molecule has 0 saturated heterocycles. The largest absolute Gasteiger partial charge is 0.573 e. The van der Waals surface area contributed by atoms with Crippen molar-refractivity contribution in [1.82, 2.24) is 4.98 Å². The molecule has 0 radical (unpaired) electrons. The monoisotopic (exact) mass is 238 g/mol. The number of methoxy groups -OCH3 is 1. The second-order valence-electron chi connectivity index (χ2n) is 2.70. The van der Waals surface area contributed by atoms with Gasteiger partial charge in [0.2, 0.25) is 5.75 Å². The quantitative estimate of drug-likeness (QED) is 0.826. The summed E-state index contributed by atoms with van der Waals surface area (Å²) in [5.74, 6) is -1.95. The summed E-state index contributed by atoms with van der Waals surface area (Å²) in [5, 5.41) is 9.20. The van der Waals surface area contributed by atoms with Crippen molar-refractivity contribution in [3.8, 4) is 17.2 Å². The average molecular weight is 238 g/mol. The van der Waals surface area contributed by atoms with Crippen molar-refractivity contribution in [3.63, 3.8) is 0 Å². The fourth-order valence-corrected chi connectivity index (χ4v) is 1.07. The van der Waals surface area contributed by atoms with E-state index in [-0.39, 0.29) is 18.0 Å². The van der Waals surface area contributed by atoms with Crippen LogP contribution in [0.2, 0.25) is 0 Å². The molecule has 1 rings (SSSR count). The van der Waals surface area contributed by atoms with E-state index in [1.165, 1.54) is 0 Å². The van der Waals surface area contributed by atoms with Crippen LogP contribution in [0.5, 0.6) is 17.2 Å². The Morgan fingerprint density at radius 2 is 2.06 bits per heavy atom. The second-order valence-corrected chi connectivity index (χ2v) is 2.70. The van der Waals surface area contributed by atoms with E-state index in [2.05, 4.69) is 14.5 Å². The van der Waals surface area contributed by atoms with Crippen LogP contribution in [-0.4, -0.2) is 23.6 Å². The molecule has 0 aromatic carbocycles. The predicted molar refractivity (Wildman–Crippen MR) is 47.0 cm³/mol. The third kappa shape index (κ3) is 2.66. The highest BCUT2D eigenvalue weighted by Gasteiger charge is 2.34. The maximum absolute atomic E-state index is 12.0. The maximum atomic E-state index is 12.0. The molecule has 16 heavy (non-hydrogen) atoms. The van der Waals surface area contributed by atoms with E-state index in [0.717, 1.165) is 13.3 Å². The summed E-state index contributed by atoms with van der Waals surface area (Å²) in [5.41, 5.74) is 5.30. The highest BCUT2D eigenvalue weighted by molar-refractivity contribution is 5.51. The first-order chi connectivity index (χ1) is 7.39. The Hall–Kier alpha value is -1.70. The van der Waals surface area contributed by atoms with Crippen molar-refractivity contribution in [2.45, 2.75) is 12.9 Å². The molecule has 0 spiro atoms. The zero-order valence-corrected chi connectivity index (χ0v) is 8.21. The zero-order valence-electron chi connectivity index (χ0n) is 8.21. The fourth-order valence-electron chi connectivity index (χ4n) is 1.07. The molecule has 0 aliphatic carbocycles. The van der Waals surface area contributed by atoms with Crippen molar-refractivity contribution >= 4 is 0 Å². The van der Waals surface area contributed by atoms with Crippen LogP contribution in [0.3, 0.4) is 0 Å². The number of aromatic hydroxyl groups is 1. The molecular weight excluding hydrogens is 229 g/mol. The first kappa shape index (κ1) is 12.4. The number of nitrogens with two attached hydrogens (primary N) is 1. The van der Waals surface area contributed by atoms with Gasteiger partial charge < -0.3 is 20.3 Å². The lowest BCUT2D eigenvalue weighted by atomic mass is 10.3. The second kappa shape index (κ2) is 4.44. The van der Waals surface area contributed by atoms with Gasteiger partial charge in [-0.1, -0.05) is 0 Å². The number of pyridine rings is 1. The van der Waals surface area contributed by atoms with Gasteiger partial charge in [-0.2, -0.15) is 0 Å². The van der Waals surface area contributed by atoms with Crippen LogP contribution >= 0.6 is 0 Å². The summed E-state index contributed by atoms with van der Waals surface area (Å²) in [6.45, 7) is -0.141. The van der Waals surface area contributed by atoms with Gasteiger partial charge in [0, 0.05) is 6.54 Å². The minimum atomic E-state index is -4.93. The SMILES string of the molecule is COc1c(CN)ncc(O)c1OC(F)(F)F. The smallest absolute Gasteiger partial charge is 0.503 e. The fraction of sp³-hybridized carbons (Fsp3) is 0.375. The number of hydrogen-bond acceptors (Lipinski definition) is 5. The van der Waals surface area contributed by atoms with E-state index in [4.69, 9.17) is 5.73 Å². The molecule has 1 heterocycles. The van der Waals surface area contributed by atoms with Crippen molar-refractivity contribution in [2.75, 3.05) is 7.11 Å². The van der Waals surface area contributed by atoms with Gasteiger partial charge >= 0.3 is 6.36 Å². The standard InChI is InChI=1S/C8H9F3N2O3/c1-15-6-4(2-12)13-3-5(14)7(6)16-8(9,10)11/h3,14H,2,12H2,1H3. The molecule has 1 aromatic rings. The summed E-state index contributed by atoms with van der Waals surface area (Å²) in [6, 6.07) is 0. The third-order valence-corrected chi connectivity index (χ3v) is 1.66. The highest BCUT2D eigenvalue weighted by Crippen LogP contribution is 2.40. The van der Waals surface area contributed by atoms with E-state index in [9.17, 15) is 18.3 Å². The van der Waals surface area contributed by atoms with Gasteiger partial charge in [-0.25, -0.2) is 0 Å². The van der Waals surface area contributed by atoms with Crippen LogP contribution in [-0.2, 0) is 6.54 Å². The van der Waals surface area contributed by atoms with Crippen LogP contribution in [0, 0.1) is 0 Å². The van der Waals surface area contributed by atoms with Crippen LogP contribution in [0.15, 0.2) is 6.20 Å². The van der Waals surface area contributed by atoms with E-state index in [1.807, 2.05) is 0 Å². The molecule has 0 aliphatic heterocycles. The Bertz CT molecular complexity index is 382. The van der Waals surface area contributed by atoms with Crippen LogP contribution in [0.1, 0.15) is 5.69 Å². The first-order valence-corrected chi connectivity index (χ1v) is 4.09. The van der Waals surface area contributed by atoms with Crippen LogP contribution < -0.4 is 15.2 Å². The lowest BCUT2D eigenvalue weighted by Gasteiger charge is -2.15. The lowest BCUT2D eigenvalue weighted by molar-refractivity contribution is -0.275. The maximum Gasteiger partial charge on any atom is 0.573 e. The summed E-state index contributed by atoms with van der Waals surface area (Å²) >= 11 is 0. The number of ether oxygens (including phenoxy) is 2. The summed E-state index contributed by atoms with van der Waals surface area (Å²) < 4.78 is 44.4. The number of rotatable bonds is 3. The minimum Gasteiger partial charge on any atom is -0.503 e. The Morgan fingerprint density at radius 3 is 2.50 bits per heavy atom. The molecule has 3 N–H and O–H groups in total. The van der Waals surface area contributed by atoms with Gasteiger partial charge in [0.1, 0.15) is 0 Å². The molecule has 90 valence electrons. The molecule has 0 atom stereocenters. The molecule has 0 bridgehead atoms. The van der Waals surface area contributed by atoms with Gasteiger partial charge in [0.15, 0.2) is 11.5 Å². The molecule has 0 unspecified atom stereocenters. The lowest BCUT2D eigenvalue weighted by Crippen LogP contribution is -2.18. The van der Waals surface area contributed by atoms with E-state index in [0.29, 0.717) is 0 Å². The van der Waals surface area contributed by atoms with Crippen molar-refractivity contribution in [2.24, 2.45) is 5.73 Å². The number of hydrogen-bond donors (Lipinski definition) is 2.